The van der Waals surface area contributed by atoms with Crippen molar-refractivity contribution < 1.29 is 14.7 Å². The zero-order valence-corrected chi connectivity index (χ0v) is 11.0. The monoisotopic (exact) mass is 242 g/mol. The van der Waals surface area contributed by atoms with Crippen LogP contribution in [0, 0.1) is 11.3 Å². The van der Waals surface area contributed by atoms with Crippen LogP contribution in [-0.4, -0.2) is 34.7 Å². The van der Waals surface area contributed by atoms with Gasteiger partial charge in [-0.05, 0) is 18.3 Å². The number of nitrogens with zero attached hydrogens (tertiary/aromatic N) is 1. The van der Waals surface area contributed by atoms with E-state index in [1.165, 1.54) is 11.8 Å². The molecule has 1 heterocycles. The molecule has 0 bridgehead atoms. The van der Waals surface area contributed by atoms with Gasteiger partial charge in [0.2, 0.25) is 5.91 Å². The third-order valence-electron chi connectivity index (χ3n) is 3.34. The van der Waals surface area contributed by atoms with Crippen LogP contribution in [0.3, 0.4) is 0 Å². The van der Waals surface area contributed by atoms with E-state index in [9.17, 15) is 14.7 Å². The summed E-state index contributed by atoms with van der Waals surface area (Å²) in [5.74, 6) is -0.0337. The second kappa shape index (κ2) is 4.94. The van der Waals surface area contributed by atoms with E-state index in [0.717, 1.165) is 12.8 Å². The highest BCUT2D eigenvalue weighted by Crippen LogP contribution is 2.36. The Morgan fingerprint density at radius 2 is 1.94 bits per heavy atom. The third-order valence-corrected chi connectivity index (χ3v) is 3.34. The average molecular weight is 242 g/mol. The van der Waals surface area contributed by atoms with Crippen molar-refractivity contribution in [2.24, 2.45) is 11.3 Å². The summed E-state index contributed by atoms with van der Waals surface area (Å²) in [6, 6.07) is 0. The predicted octanol–water partition coefficient (Wildman–Crippen LogP) is 1.88. The number of carbonyl (C=O) groups is 2. The summed E-state index contributed by atoms with van der Waals surface area (Å²) in [6.45, 7) is 8.16. The van der Waals surface area contributed by atoms with E-state index in [2.05, 4.69) is 26.1 Å². The number of rotatable bonds is 1. The van der Waals surface area contributed by atoms with Crippen LogP contribution in [0.4, 0.5) is 4.79 Å². The van der Waals surface area contributed by atoms with E-state index in [1.54, 1.807) is 0 Å². The zero-order chi connectivity index (χ0) is 13.2. The molecule has 17 heavy (non-hydrogen) atoms. The van der Waals surface area contributed by atoms with Crippen molar-refractivity contribution in [3.8, 4) is 0 Å². The number of nitrogens with one attached hydrogen (secondary N) is 1. The summed E-state index contributed by atoms with van der Waals surface area (Å²) in [4.78, 5) is 23.8. The highest BCUT2D eigenvalue weighted by molar-refractivity contribution is 5.74. The lowest BCUT2D eigenvalue weighted by molar-refractivity contribution is -0.122. The number of likely N-dealkylation sites (tertiary alicyclic amines) is 1. The number of carbonyl (C=O) groups excluding carboxylic acids is 1. The molecule has 0 spiro atoms. The first kappa shape index (κ1) is 13.8. The van der Waals surface area contributed by atoms with E-state index in [-0.39, 0.29) is 17.2 Å². The molecule has 1 fully saturated rings. The van der Waals surface area contributed by atoms with Crippen molar-refractivity contribution in [2.45, 2.75) is 46.7 Å². The van der Waals surface area contributed by atoms with Crippen molar-refractivity contribution in [3.63, 3.8) is 0 Å². The Balaban J connectivity index is 2.94. The quantitative estimate of drug-likeness (QED) is 0.737. The molecule has 1 aliphatic rings. The van der Waals surface area contributed by atoms with E-state index in [0.29, 0.717) is 6.54 Å². The molecule has 2 atom stereocenters. The first-order valence-corrected chi connectivity index (χ1v) is 6.00. The second-order valence-corrected chi connectivity index (χ2v) is 5.74. The van der Waals surface area contributed by atoms with E-state index >= 15 is 0 Å². The van der Waals surface area contributed by atoms with Crippen molar-refractivity contribution >= 4 is 12.0 Å². The van der Waals surface area contributed by atoms with Gasteiger partial charge in [0.15, 0.2) is 0 Å². The largest absolute Gasteiger partial charge is 0.465 e. The number of piperidine rings is 1. The van der Waals surface area contributed by atoms with Gasteiger partial charge in [-0.15, -0.1) is 0 Å². The van der Waals surface area contributed by atoms with Gasteiger partial charge in [0.1, 0.15) is 6.17 Å². The van der Waals surface area contributed by atoms with Gasteiger partial charge in [0.25, 0.3) is 0 Å². The normalized spacial score (nSPS) is 25.5. The molecule has 0 radical (unpaired) electrons. The van der Waals surface area contributed by atoms with Gasteiger partial charge in [-0.2, -0.15) is 0 Å². The lowest BCUT2D eigenvalue weighted by Crippen LogP contribution is -2.59. The zero-order valence-electron chi connectivity index (χ0n) is 11.0. The Labute approximate surface area is 102 Å². The lowest BCUT2D eigenvalue weighted by atomic mass is 9.74. The van der Waals surface area contributed by atoms with Crippen molar-refractivity contribution in [3.05, 3.63) is 0 Å². The number of amides is 2. The van der Waals surface area contributed by atoms with Crippen LogP contribution >= 0.6 is 0 Å². The third kappa shape index (κ3) is 3.35. The molecule has 2 N–H and O–H groups in total. The van der Waals surface area contributed by atoms with Gasteiger partial charge >= 0.3 is 6.09 Å². The van der Waals surface area contributed by atoms with Crippen LogP contribution in [0.2, 0.25) is 0 Å². The first-order valence-electron chi connectivity index (χ1n) is 6.00. The van der Waals surface area contributed by atoms with Gasteiger partial charge < -0.3 is 10.4 Å². The van der Waals surface area contributed by atoms with Crippen molar-refractivity contribution in [1.82, 2.24) is 10.2 Å². The molecule has 0 saturated carbocycles. The van der Waals surface area contributed by atoms with Crippen molar-refractivity contribution in [2.75, 3.05) is 6.54 Å². The van der Waals surface area contributed by atoms with Gasteiger partial charge in [-0.25, -0.2) is 4.79 Å². The van der Waals surface area contributed by atoms with Crippen LogP contribution in [0.25, 0.3) is 0 Å². The summed E-state index contributed by atoms with van der Waals surface area (Å²) < 4.78 is 0. The second-order valence-electron chi connectivity index (χ2n) is 5.74. The van der Waals surface area contributed by atoms with Crippen LogP contribution in [0.15, 0.2) is 0 Å². The smallest absolute Gasteiger partial charge is 0.408 e. The fourth-order valence-electron chi connectivity index (χ4n) is 2.50. The Bertz CT molecular complexity index is 309. The minimum atomic E-state index is -0.960. The average Bonchev–Trinajstić information content (AvgIpc) is 2.14. The van der Waals surface area contributed by atoms with E-state index in [1.807, 2.05) is 0 Å². The summed E-state index contributed by atoms with van der Waals surface area (Å²) >= 11 is 0. The SMILES string of the molecule is CC(=O)NC1C(C(C)(C)C)CCCN1C(=O)O. The maximum atomic E-state index is 11.2. The highest BCUT2D eigenvalue weighted by Gasteiger charge is 2.40. The van der Waals surface area contributed by atoms with Crippen LogP contribution in [0.1, 0.15) is 40.5 Å². The fraction of sp³-hybridized carbons (Fsp3) is 0.833. The van der Waals surface area contributed by atoms with E-state index < -0.39 is 12.3 Å². The molecule has 1 saturated heterocycles. The molecule has 2 amide bonds. The Kier molecular flexibility index (Phi) is 4.01. The molecular weight excluding hydrogens is 220 g/mol. The Hall–Kier alpha value is -1.26. The molecule has 0 aliphatic carbocycles. The summed E-state index contributed by atoms with van der Waals surface area (Å²) in [5, 5.41) is 12.0. The molecule has 5 nitrogen and oxygen atoms in total. The lowest BCUT2D eigenvalue weighted by Gasteiger charge is -2.45. The standard InChI is InChI=1S/C12H22N2O3/c1-8(15)13-10-9(12(2,3)4)6-5-7-14(10)11(16)17/h9-10H,5-7H2,1-4H3,(H,13,15)(H,16,17). The molecule has 2 unspecified atom stereocenters. The maximum absolute atomic E-state index is 11.2. The Morgan fingerprint density at radius 3 is 2.35 bits per heavy atom. The number of hydrogen-bond acceptors (Lipinski definition) is 2. The van der Waals surface area contributed by atoms with Gasteiger partial charge in [0, 0.05) is 19.4 Å². The summed E-state index contributed by atoms with van der Waals surface area (Å²) in [6.07, 6.45) is 0.430. The molecular formula is C12H22N2O3. The van der Waals surface area contributed by atoms with Crippen molar-refractivity contribution in [1.29, 1.82) is 0 Å². The number of carboxylic acid groups (broad SMARTS) is 1. The van der Waals surface area contributed by atoms with Gasteiger partial charge in [-0.3, -0.25) is 9.69 Å². The first-order chi connectivity index (χ1) is 7.73. The van der Waals surface area contributed by atoms with Crippen LogP contribution in [0.5, 0.6) is 0 Å². The minimum Gasteiger partial charge on any atom is -0.465 e. The predicted molar refractivity (Wildman–Crippen MR) is 64.5 cm³/mol. The summed E-state index contributed by atoms with van der Waals surface area (Å²) in [5.41, 5.74) is -0.0266. The van der Waals surface area contributed by atoms with Gasteiger partial charge in [0.05, 0.1) is 0 Å². The van der Waals surface area contributed by atoms with E-state index in [4.69, 9.17) is 0 Å². The molecule has 0 aromatic rings. The Morgan fingerprint density at radius 1 is 1.35 bits per heavy atom. The maximum Gasteiger partial charge on any atom is 0.408 e. The molecule has 98 valence electrons. The van der Waals surface area contributed by atoms with Crippen LogP contribution < -0.4 is 5.32 Å². The molecule has 1 aliphatic heterocycles. The molecule has 0 aromatic carbocycles. The summed E-state index contributed by atoms with van der Waals surface area (Å²) in [7, 11) is 0. The minimum absolute atomic E-state index is 0.0266. The van der Waals surface area contributed by atoms with Crippen LogP contribution in [-0.2, 0) is 4.79 Å². The number of hydrogen-bond donors (Lipinski definition) is 2. The van der Waals surface area contributed by atoms with Gasteiger partial charge in [-0.1, -0.05) is 20.8 Å². The molecule has 5 heteroatoms. The fourth-order valence-corrected chi connectivity index (χ4v) is 2.50. The molecule has 0 aromatic heterocycles. The highest BCUT2D eigenvalue weighted by atomic mass is 16.4. The topological polar surface area (TPSA) is 69.6 Å². The molecule has 1 rings (SSSR count).